The van der Waals surface area contributed by atoms with Crippen LogP contribution in [0.15, 0.2) is 21.2 Å². The predicted molar refractivity (Wildman–Crippen MR) is 60.2 cm³/mol. The van der Waals surface area contributed by atoms with Gasteiger partial charge < -0.3 is 9.52 Å². The first-order valence-corrected chi connectivity index (χ1v) is 5.62. The van der Waals surface area contributed by atoms with E-state index in [1.54, 1.807) is 19.1 Å². The maximum Gasteiger partial charge on any atom is 0.305 e. The summed E-state index contributed by atoms with van der Waals surface area (Å²) >= 11 is 3.18. The summed E-state index contributed by atoms with van der Waals surface area (Å²) in [6, 6.07) is 3.08. The van der Waals surface area contributed by atoms with E-state index in [-0.39, 0.29) is 12.5 Å². The number of tetrazole rings is 1. The number of carboxylic acid groups (broad SMARTS) is 1. The van der Waals surface area contributed by atoms with Gasteiger partial charge in [-0.3, -0.25) is 4.79 Å². The lowest BCUT2D eigenvalue weighted by Crippen LogP contribution is -2.13. The van der Waals surface area contributed by atoms with Gasteiger partial charge in [-0.1, -0.05) is 0 Å². The van der Waals surface area contributed by atoms with Gasteiger partial charge >= 0.3 is 5.97 Å². The average molecular weight is 301 g/mol. The Labute approximate surface area is 105 Å². The third-order valence-corrected chi connectivity index (χ3v) is 2.60. The van der Waals surface area contributed by atoms with Crippen molar-refractivity contribution in [3.8, 4) is 11.6 Å². The van der Waals surface area contributed by atoms with Crippen LogP contribution < -0.4 is 0 Å². The van der Waals surface area contributed by atoms with Crippen LogP contribution in [0.5, 0.6) is 0 Å². The van der Waals surface area contributed by atoms with Crippen LogP contribution in [0.25, 0.3) is 11.6 Å². The zero-order valence-corrected chi connectivity index (χ0v) is 10.5. The van der Waals surface area contributed by atoms with E-state index in [4.69, 9.17) is 9.52 Å². The quantitative estimate of drug-likeness (QED) is 0.924. The Balaban J connectivity index is 2.31. The van der Waals surface area contributed by atoms with Gasteiger partial charge in [-0.05, 0) is 45.4 Å². The van der Waals surface area contributed by atoms with Gasteiger partial charge in [-0.25, -0.2) is 4.68 Å². The van der Waals surface area contributed by atoms with Crippen molar-refractivity contribution in [2.24, 2.45) is 0 Å². The topological polar surface area (TPSA) is 94.0 Å². The molecule has 0 aliphatic rings. The third-order valence-electron chi connectivity index (χ3n) is 2.17. The van der Waals surface area contributed by atoms with Crippen molar-refractivity contribution in [2.75, 3.05) is 0 Å². The van der Waals surface area contributed by atoms with Crippen LogP contribution in [0.1, 0.15) is 19.4 Å². The maximum atomic E-state index is 10.6. The number of hydrogen-bond acceptors (Lipinski definition) is 5. The van der Waals surface area contributed by atoms with E-state index < -0.39 is 5.97 Å². The van der Waals surface area contributed by atoms with E-state index in [0.29, 0.717) is 16.3 Å². The zero-order chi connectivity index (χ0) is 12.4. The van der Waals surface area contributed by atoms with E-state index in [0.717, 1.165) is 0 Å². The highest BCUT2D eigenvalue weighted by Gasteiger charge is 2.19. The van der Waals surface area contributed by atoms with Crippen molar-refractivity contribution >= 4 is 21.9 Å². The standard InChI is InChI=1S/C9H9BrN4O3/c1-5(4-8(15)16)14-9(11-12-13-14)6-2-3-7(10)17-6/h2-3,5H,4H2,1H3,(H,15,16). The van der Waals surface area contributed by atoms with Gasteiger partial charge in [0.2, 0.25) is 5.82 Å². The molecule has 1 atom stereocenters. The number of rotatable bonds is 4. The van der Waals surface area contributed by atoms with Crippen LogP contribution in [-0.2, 0) is 4.79 Å². The minimum Gasteiger partial charge on any atom is -0.481 e. The SMILES string of the molecule is CC(CC(=O)O)n1nnnc1-c1ccc(Br)o1. The molecule has 0 saturated heterocycles. The van der Waals surface area contributed by atoms with E-state index in [1.807, 2.05) is 0 Å². The van der Waals surface area contributed by atoms with Gasteiger partial charge in [0.05, 0.1) is 12.5 Å². The molecule has 0 amide bonds. The molecule has 90 valence electrons. The van der Waals surface area contributed by atoms with Crippen molar-refractivity contribution in [3.05, 3.63) is 16.8 Å². The lowest BCUT2D eigenvalue weighted by molar-refractivity contribution is -0.137. The largest absolute Gasteiger partial charge is 0.481 e. The van der Waals surface area contributed by atoms with Crippen LogP contribution in [0.4, 0.5) is 0 Å². The molecule has 2 rings (SSSR count). The molecule has 2 aromatic rings. The van der Waals surface area contributed by atoms with Crippen molar-refractivity contribution in [1.29, 1.82) is 0 Å². The summed E-state index contributed by atoms with van der Waals surface area (Å²) in [4.78, 5) is 10.6. The van der Waals surface area contributed by atoms with Gasteiger partial charge in [-0.2, -0.15) is 0 Å². The fourth-order valence-corrected chi connectivity index (χ4v) is 1.73. The summed E-state index contributed by atoms with van der Waals surface area (Å²) in [5.41, 5.74) is 0. The molecule has 2 heterocycles. The van der Waals surface area contributed by atoms with Crippen molar-refractivity contribution in [1.82, 2.24) is 20.2 Å². The minimum absolute atomic E-state index is 0.0556. The Kier molecular flexibility index (Phi) is 3.23. The molecule has 2 aromatic heterocycles. The summed E-state index contributed by atoms with van der Waals surface area (Å²) in [7, 11) is 0. The van der Waals surface area contributed by atoms with Gasteiger partial charge in [0, 0.05) is 0 Å². The number of carboxylic acids is 1. The minimum atomic E-state index is -0.903. The summed E-state index contributed by atoms with van der Waals surface area (Å²) < 4.78 is 7.32. The number of halogens is 1. The summed E-state index contributed by atoms with van der Waals surface area (Å²) in [6.07, 6.45) is -0.0556. The van der Waals surface area contributed by atoms with Gasteiger partial charge in [0.25, 0.3) is 0 Å². The smallest absolute Gasteiger partial charge is 0.305 e. The molecule has 1 N–H and O–H groups in total. The number of aliphatic carboxylic acids is 1. The van der Waals surface area contributed by atoms with E-state index in [9.17, 15) is 4.79 Å². The lowest BCUT2D eigenvalue weighted by atomic mass is 10.2. The second-order valence-corrected chi connectivity index (χ2v) is 4.28. The normalized spacial score (nSPS) is 12.6. The first-order valence-electron chi connectivity index (χ1n) is 4.83. The molecule has 0 fully saturated rings. The van der Waals surface area contributed by atoms with Crippen LogP contribution in [0.2, 0.25) is 0 Å². The number of carbonyl (C=O) groups is 1. The van der Waals surface area contributed by atoms with Crippen molar-refractivity contribution < 1.29 is 14.3 Å². The second kappa shape index (κ2) is 4.66. The lowest BCUT2D eigenvalue weighted by Gasteiger charge is -2.09. The Bertz CT molecular complexity index is 536. The Morgan fingerprint density at radius 1 is 1.65 bits per heavy atom. The van der Waals surface area contributed by atoms with Crippen molar-refractivity contribution in [2.45, 2.75) is 19.4 Å². The van der Waals surface area contributed by atoms with E-state index >= 15 is 0 Å². The highest BCUT2D eigenvalue weighted by molar-refractivity contribution is 9.10. The first-order chi connectivity index (χ1) is 8.08. The Morgan fingerprint density at radius 3 is 3.00 bits per heavy atom. The molecule has 0 bridgehead atoms. The highest BCUT2D eigenvalue weighted by Crippen LogP contribution is 2.25. The Hall–Kier alpha value is -1.70. The molecule has 1 unspecified atom stereocenters. The number of nitrogens with zero attached hydrogens (tertiary/aromatic N) is 4. The van der Waals surface area contributed by atoms with Gasteiger partial charge in [0.15, 0.2) is 10.4 Å². The second-order valence-electron chi connectivity index (χ2n) is 3.50. The fourth-order valence-electron chi connectivity index (χ4n) is 1.43. The first kappa shape index (κ1) is 11.8. The number of aromatic nitrogens is 4. The van der Waals surface area contributed by atoms with Gasteiger partial charge in [0.1, 0.15) is 0 Å². The Morgan fingerprint density at radius 2 is 2.41 bits per heavy atom. The average Bonchev–Trinajstić information content (AvgIpc) is 2.83. The van der Waals surface area contributed by atoms with Crippen LogP contribution in [0, 0.1) is 0 Å². The molecule has 17 heavy (non-hydrogen) atoms. The molecular weight excluding hydrogens is 292 g/mol. The molecule has 0 radical (unpaired) electrons. The molecule has 0 aliphatic heterocycles. The number of furan rings is 1. The molecule has 7 nitrogen and oxygen atoms in total. The number of hydrogen-bond donors (Lipinski definition) is 1. The highest BCUT2D eigenvalue weighted by atomic mass is 79.9. The summed E-state index contributed by atoms with van der Waals surface area (Å²) in [5, 5.41) is 19.9. The molecule has 0 spiro atoms. The van der Waals surface area contributed by atoms with Crippen LogP contribution in [0.3, 0.4) is 0 Å². The molecule has 0 aromatic carbocycles. The predicted octanol–water partition coefficient (Wildman–Crippen LogP) is 1.73. The molecular formula is C9H9BrN4O3. The van der Waals surface area contributed by atoms with Crippen molar-refractivity contribution in [3.63, 3.8) is 0 Å². The monoisotopic (exact) mass is 300 g/mol. The van der Waals surface area contributed by atoms with Crippen LogP contribution >= 0.6 is 15.9 Å². The fraction of sp³-hybridized carbons (Fsp3) is 0.333. The van der Waals surface area contributed by atoms with E-state index in [1.165, 1.54) is 4.68 Å². The zero-order valence-electron chi connectivity index (χ0n) is 8.87. The molecule has 0 saturated carbocycles. The summed E-state index contributed by atoms with van der Waals surface area (Å²) in [5.74, 6) is -0.0110. The van der Waals surface area contributed by atoms with Crippen LogP contribution in [-0.4, -0.2) is 31.3 Å². The van der Waals surface area contributed by atoms with E-state index in [2.05, 4.69) is 31.5 Å². The maximum absolute atomic E-state index is 10.6. The molecule has 8 heteroatoms. The summed E-state index contributed by atoms with van der Waals surface area (Å²) in [6.45, 7) is 1.73. The molecule has 0 aliphatic carbocycles. The van der Waals surface area contributed by atoms with Gasteiger partial charge in [-0.15, -0.1) is 5.10 Å². The third kappa shape index (κ3) is 2.52.